The van der Waals surface area contributed by atoms with E-state index in [1.807, 2.05) is 6.07 Å². The van der Waals surface area contributed by atoms with Gasteiger partial charge in [-0.05, 0) is 49.8 Å². The van der Waals surface area contributed by atoms with Crippen molar-refractivity contribution >= 4 is 37.8 Å². The van der Waals surface area contributed by atoms with E-state index in [0.29, 0.717) is 11.5 Å². The average Bonchev–Trinajstić information content (AvgIpc) is 2.40. The summed E-state index contributed by atoms with van der Waals surface area (Å²) in [6, 6.07) is 7.71. The Hall–Kier alpha value is -0.860. The molecule has 1 aromatic rings. The van der Waals surface area contributed by atoms with Crippen LogP contribution in [0.5, 0.6) is 0 Å². The molecule has 1 aliphatic carbocycles. The summed E-state index contributed by atoms with van der Waals surface area (Å²) in [5.74, 6) is 0.441. The Bertz CT molecular complexity index is 537. The van der Waals surface area contributed by atoms with E-state index in [1.54, 1.807) is 12.1 Å². The van der Waals surface area contributed by atoms with Gasteiger partial charge in [0.1, 0.15) is 5.54 Å². The highest BCUT2D eigenvalue weighted by Gasteiger charge is 2.35. The first-order chi connectivity index (χ1) is 9.44. The summed E-state index contributed by atoms with van der Waals surface area (Å²) < 4.78 is 1.67. The highest BCUT2D eigenvalue weighted by molar-refractivity contribution is 9.11. The lowest BCUT2D eigenvalue weighted by Gasteiger charge is -2.34. The Morgan fingerprint density at radius 3 is 2.35 bits per heavy atom. The summed E-state index contributed by atoms with van der Waals surface area (Å²) in [4.78, 5) is 12.4. The van der Waals surface area contributed by atoms with E-state index in [-0.39, 0.29) is 5.91 Å². The molecule has 0 aliphatic heterocycles. The molecular weight excluding hydrogens is 384 g/mol. The van der Waals surface area contributed by atoms with Crippen LogP contribution in [0.25, 0.3) is 0 Å². The number of benzene rings is 1. The van der Waals surface area contributed by atoms with Crippen LogP contribution >= 0.6 is 31.9 Å². The molecule has 0 heterocycles. The fourth-order valence-corrected chi connectivity index (χ4v) is 3.79. The number of hydrogen-bond donors (Lipinski definition) is 1. The lowest BCUT2D eigenvalue weighted by molar-refractivity contribution is 0.0894. The standard InChI is InChI=1S/C15H16Br2N2O/c1-10-2-4-15(9-18,5-3-10)19-14(20)11-6-12(16)8-13(17)7-11/h6-8,10H,2-5H2,1H3,(H,19,20). The van der Waals surface area contributed by atoms with Crippen molar-refractivity contribution < 1.29 is 4.79 Å². The quantitative estimate of drug-likeness (QED) is 0.800. The molecule has 106 valence electrons. The van der Waals surface area contributed by atoms with Crippen molar-refractivity contribution in [3.63, 3.8) is 0 Å². The van der Waals surface area contributed by atoms with Gasteiger partial charge in [-0.25, -0.2) is 0 Å². The Morgan fingerprint density at radius 1 is 1.30 bits per heavy atom. The largest absolute Gasteiger partial charge is 0.334 e. The second-order valence-electron chi connectivity index (χ2n) is 5.49. The van der Waals surface area contributed by atoms with E-state index in [0.717, 1.165) is 34.6 Å². The number of nitrogens with one attached hydrogen (secondary N) is 1. The van der Waals surface area contributed by atoms with Crippen LogP contribution in [-0.2, 0) is 0 Å². The first-order valence-corrected chi connectivity index (χ1v) is 8.22. The average molecular weight is 400 g/mol. The highest BCUT2D eigenvalue weighted by atomic mass is 79.9. The second-order valence-corrected chi connectivity index (χ2v) is 7.32. The number of amides is 1. The summed E-state index contributed by atoms with van der Waals surface area (Å²) in [5.41, 5.74) is -0.155. The number of hydrogen-bond acceptors (Lipinski definition) is 2. The third kappa shape index (κ3) is 3.62. The number of halogens is 2. The highest BCUT2D eigenvalue weighted by Crippen LogP contribution is 2.32. The van der Waals surface area contributed by atoms with Crippen LogP contribution in [0.15, 0.2) is 27.1 Å². The molecule has 1 saturated carbocycles. The van der Waals surface area contributed by atoms with Crippen LogP contribution < -0.4 is 5.32 Å². The maximum Gasteiger partial charge on any atom is 0.252 e. The van der Waals surface area contributed by atoms with Crippen molar-refractivity contribution in [2.75, 3.05) is 0 Å². The predicted octanol–water partition coefficient (Wildman–Crippen LogP) is 4.41. The molecule has 2 rings (SSSR count). The van der Waals surface area contributed by atoms with E-state index in [1.165, 1.54) is 0 Å². The number of rotatable bonds is 2. The summed E-state index contributed by atoms with van der Waals surface area (Å²) in [6.45, 7) is 2.19. The van der Waals surface area contributed by atoms with Crippen molar-refractivity contribution in [2.45, 2.75) is 38.1 Å². The molecule has 5 heteroatoms. The van der Waals surface area contributed by atoms with Crippen molar-refractivity contribution in [1.29, 1.82) is 5.26 Å². The van der Waals surface area contributed by atoms with Gasteiger partial charge >= 0.3 is 0 Å². The third-order valence-corrected chi connectivity index (χ3v) is 4.74. The van der Waals surface area contributed by atoms with Crippen molar-refractivity contribution in [1.82, 2.24) is 5.32 Å². The van der Waals surface area contributed by atoms with Gasteiger partial charge in [0.05, 0.1) is 6.07 Å². The van der Waals surface area contributed by atoms with E-state index in [4.69, 9.17) is 0 Å². The van der Waals surface area contributed by atoms with Gasteiger partial charge in [0, 0.05) is 14.5 Å². The molecule has 1 amide bonds. The zero-order valence-corrected chi connectivity index (χ0v) is 14.4. The first-order valence-electron chi connectivity index (χ1n) is 6.64. The minimum atomic E-state index is -0.710. The minimum Gasteiger partial charge on any atom is -0.334 e. The molecule has 0 bridgehead atoms. The van der Waals surface area contributed by atoms with Crippen LogP contribution in [0.3, 0.4) is 0 Å². The Labute approximate surface area is 136 Å². The van der Waals surface area contributed by atoms with E-state index >= 15 is 0 Å². The fraction of sp³-hybridized carbons (Fsp3) is 0.467. The molecule has 1 aliphatic rings. The van der Waals surface area contributed by atoms with Gasteiger partial charge in [-0.3, -0.25) is 4.79 Å². The number of nitrogens with zero attached hydrogens (tertiary/aromatic N) is 1. The van der Waals surface area contributed by atoms with Gasteiger partial charge in [-0.2, -0.15) is 5.26 Å². The number of nitriles is 1. The molecule has 0 radical (unpaired) electrons. The van der Waals surface area contributed by atoms with Crippen LogP contribution in [-0.4, -0.2) is 11.4 Å². The van der Waals surface area contributed by atoms with Crippen LogP contribution in [0.2, 0.25) is 0 Å². The Kier molecular flexibility index (Phi) is 4.87. The van der Waals surface area contributed by atoms with Crippen LogP contribution in [0.1, 0.15) is 43.0 Å². The van der Waals surface area contributed by atoms with Gasteiger partial charge in [-0.15, -0.1) is 0 Å². The number of carbonyl (C=O) groups is 1. The van der Waals surface area contributed by atoms with Gasteiger partial charge in [-0.1, -0.05) is 38.8 Å². The zero-order chi connectivity index (χ0) is 14.8. The smallest absolute Gasteiger partial charge is 0.252 e. The molecule has 0 aromatic heterocycles. The van der Waals surface area contributed by atoms with E-state index in [2.05, 4.69) is 50.2 Å². The normalized spacial score (nSPS) is 25.8. The fourth-order valence-electron chi connectivity index (χ4n) is 2.49. The van der Waals surface area contributed by atoms with Gasteiger partial charge in [0.25, 0.3) is 5.91 Å². The molecule has 20 heavy (non-hydrogen) atoms. The topological polar surface area (TPSA) is 52.9 Å². The summed E-state index contributed by atoms with van der Waals surface area (Å²) >= 11 is 6.74. The van der Waals surface area contributed by atoms with Crippen molar-refractivity contribution in [2.24, 2.45) is 5.92 Å². The predicted molar refractivity (Wildman–Crippen MR) is 85.3 cm³/mol. The lowest BCUT2D eigenvalue weighted by atomic mass is 9.78. The summed E-state index contributed by atoms with van der Waals surface area (Å²) in [6.07, 6.45) is 3.42. The SMILES string of the molecule is CC1CCC(C#N)(NC(=O)c2cc(Br)cc(Br)c2)CC1. The molecule has 1 N–H and O–H groups in total. The Morgan fingerprint density at radius 2 is 1.85 bits per heavy atom. The van der Waals surface area contributed by atoms with Crippen LogP contribution in [0.4, 0.5) is 0 Å². The molecular formula is C15H16Br2N2O. The molecule has 1 fully saturated rings. The first kappa shape index (κ1) is 15.5. The van der Waals surface area contributed by atoms with Crippen LogP contribution in [0, 0.1) is 17.2 Å². The zero-order valence-electron chi connectivity index (χ0n) is 11.2. The number of carbonyl (C=O) groups excluding carboxylic acids is 1. The molecule has 3 nitrogen and oxygen atoms in total. The van der Waals surface area contributed by atoms with Gasteiger partial charge in [0.2, 0.25) is 0 Å². The lowest BCUT2D eigenvalue weighted by Crippen LogP contribution is -2.49. The van der Waals surface area contributed by atoms with E-state index in [9.17, 15) is 10.1 Å². The molecule has 0 spiro atoms. The second kappa shape index (κ2) is 6.28. The molecule has 0 saturated heterocycles. The maximum absolute atomic E-state index is 12.4. The third-order valence-electron chi connectivity index (χ3n) is 3.82. The molecule has 1 aromatic carbocycles. The Balaban J connectivity index is 2.16. The molecule has 0 unspecified atom stereocenters. The van der Waals surface area contributed by atoms with Crippen molar-refractivity contribution in [3.05, 3.63) is 32.7 Å². The molecule has 0 atom stereocenters. The monoisotopic (exact) mass is 398 g/mol. The minimum absolute atomic E-state index is 0.192. The van der Waals surface area contributed by atoms with Gasteiger partial charge < -0.3 is 5.32 Å². The van der Waals surface area contributed by atoms with Gasteiger partial charge in [0.15, 0.2) is 0 Å². The summed E-state index contributed by atoms with van der Waals surface area (Å²) in [5, 5.41) is 12.4. The summed E-state index contributed by atoms with van der Waals surface area (Å²) in [7, 11) is 0. The van der Waals surface area contributed by atoms with Crippen molar-refractivity contribution in [3.8, 4) is 6.07 Å². The van der Waals surface area contributed by atoms with E-state index < -0.39 is 5.54 Å². The maximum atomic E-state index is 12.4.